The lowest BCUT2D eigenvalue weighted by molar-refractivity contribution is 0.803. The maximum absolute atomic E-state index is 13.3. The third kappa shape index (κ3) is 3.02. The van der Waals surface area contributed by atoms with Gasteiger partial charge in [-0.15, -0.1) is 0 Å². The number of hydrogen-bond donors (Lipinski definition) is 0. The third-order valence-corrected chi connectivity index (χ3v) is 7.45. The van der Waals surface area contributed by atoms with Crippen LogP contribution in [-0.2, 0) is 6.54 Å². The summed E-state index contributed by atoms with van der Waals surface area (Å²) in [5.41, 5.74) is 6.32. The lowest BCUT2D eigenvalue weighted by Crippen LogP contribution is -2.22. The van der Waals surface area contributed by atoms with Gasteiger partial charge in [-0.2, -0.15) is 0 Å². The molecular formula is C26H18BrN3OS. The molecule has 0 radical (unpaired) electrons. The number of aromatic nitrogens is 3. The Morgan fingerprint density at radius 2 is 1.69 bits per heavy atom. The molecular weight excluding hydrogens is 482 g/mol. The molecule has 156 valence electrons. The van der Waals surface area contributed by atoms with Crippen LogP contribution in [0.2, 0.25) is 0 Å². The number of benzene rings is 3. The predicted octanol–water partition coefficient (Wildman–Crippen LogP) is 5.53. The minimum Gasteiger partial charge on any atom is -0.340 e. The Morgan fingerprint density at radius 1 is 0.969 bits per heavy atom. The van der Waals surface area contributed by atoms with Gasteiger partial charge in [0.15, 0.2) is 4.96 Å². The van der Waals surface area contributed by atoms with E-state index in [9.17, 15) is 4.79 Å². The molecule has 0 fully saturated rings. The highest BCUT2D eigenvalue weighted by Crippen LogP contribution is 2.28. The minimum atomic E-state index is -0.0113. The van der Waals surface area contributed by atoms with Crippen molar-refractivity contribution in [2.75, 3.05) is 0 Å². The highest BCUT2D eigenvalue weighted by Gasteiger charge is 2.15. The predicted molar refractivity (Wildman–Crippen MR) is 136 cm³/mol. The number of thiazole rings is 1. The summed E-state index contributed by atoms with van der Waals surface area (Å²) in [7, 11) is 0. The van der Waals surface area contributed by atoms with Gasteiger partial charge in [-0.05, 0) is 48.9 Å². The monoisotopic (exact) mass is 499 g/mol. The van der Waals surface area contributed by atoms with E-state index in [0.717, 1.165) is 43.7 Å². The number of nitrogens with zero attached hydrogens (tertiary/aromatic N) is 3. The van der Waals surface area contributed by atoms with Crippen LogP contribution in [0.25, 0.3) is 33.0 Å². The van der Waals surface area contributed by atoms with E-state index >= 15 is 0 Å². The van der Waals surface area contributed by atoms with Crippen LogP contribution in [0.5, 0.6) is 0 Å². The van der Waals surface area contributed by atoms with E-state index in [1.54, 1.807) is 4.40 Å². The summed E-state index contributed by atoms with van der Waals surface area (Å²) in [5, 5.41) is 1.15. The Balaban J connectivity index is 1.56. The largest absolute Gasteiger partial charge is 0.340 e. The standard InChI is InChI=1S/C26H18BrN3OS/c1-16-20(14-24-25(31)30-23-9-5-3-7-21(23)28-26(30)32-24)19-6-2-4-8-22(19)29(16)15-17-10-12-18(27)13-11-17/h2-14H,15H2,1H3/b24-14-. The van der Waals surface area contributed by atoms with Gasteiger partial charge >= 0.3 is 0 Å². The number of para-hydroxylation sites is 3. The topological polar surface area (TPSA) is 39.3 Å². The van der Waals surface area contributed by atoms with Gasteiger partial charge in [-0.1, -0.05) is 69.7 Å². The summed E-state index contributed by atoms with van der Waals surface area (Å²) in [6.07, 6.45) is 2.03. The third-order valence-electron chi connectivity index (χ3n) is 5.95. The van der Waals surface area contributed by atoms with Crippen molar-refractivity contribution < 1.29 is 0 Å². The lowest BCUT2D eigenvalue weighted by Gasteiger charge is -2.09. The Morgan fingerprint density at radius 3 is 2.50 bits per heavy atom. The number of fused-ring (bicyclic) bond motifs is 4. The molecule has 32 heavy (non-hydrogen) atoms. The Kier molecular flexibility index (Phi) is 4.52. The van der Waals surface area contributed by atoms with Crippen LogP contribution in [0, 0.1) is 6.92 Å². The van der Waals surface area contributed by atoms with Crippen molar-refractivity contribution in [3.05, 3.63) is 109 Å². The van der Waals surface area contributed by atoms with Crippen molar-refractivity contribution >= 4 is 60.2 Å². The van der Waals surface area contributed by atoms with Crippen molar-refractivity contribution in [1.82, 2.24) is 14.0 Å². The Hall–Kier alpha value is -3.22. The van der Waals surface area contributed by atoms with E-state index in [1.165, 1.54) is 22.4 Å². The average Bonchev–Trinajstić information content (AvgIpc) is 3.41. The van der Waals surface area contributed by atoms with Crippen LogP contribution >= 0.6 is 27.3 Å². The van der Waals surface area contributed by atoms with Gasteiger partial charge in [0.05, 0.1) is 15.6 Å². The van der Waals surface area contributed by atoms with Gasteiger partial charge in [-0.3, -0.25) is 4.79 Å². The highest BCUT2D eigenvalue weighted by molar-refractivity contribution is 9.10. The summed E-state index contributed by atoms with van der Waals surface area (Å²) in [6.45, 7) is 2.90. The van der Waals surface area contributed by atoms with E-state index in [0.29, 0.717) is 4.53 Å². The highest BCUT2D eigenvalue weighted by atomic mass is 79.9. The van der Waals surface area contributed by atoms with Gasteiger partial charge in [0.2, 0.25) is 0 Å². The smallest absolute Gasteiger partial charge is 0.274 e. The summed E-state index contributed by atoms with van der Waals surface area (Å²) >= 11 is 4.96. The average molecular weight is 500 g/mol. The second-order valence-electron chi connectivity index (χ2n) is 7.86. The SMILES string of the molecule is Cc1c(/C=c2\sc3nc4ccccc4n3c2=O)c2ccccc2n1Cc1ccc(Br)cc1. The zero-order valence-corrected chi connectivity index (χ0v) is 19.7. The summed E-state index contributed by atoms with van der Waals surface area (Å²) in [5.74, 6) is 0. The maximum atomic E-state index is 13.3. The molecule has 6 heteroatoms. The Labute approximate surface area is 196 Å². The number of rotatable bonds is 3. The molecule has 3 aromatic heterocycles. The van der Waals surface area contributed by atoms with Crippen molar-refractivity contribution in [3.63, 3.8) is 0 Å². The van der Waals surface area contributed by atoms with E-state index in [2.05, 4.69) is 80.9 Å². The molecule has 6 aromatic rings. The van der Waals surface area contributed by atoms with E-state index < -0.39 is 0 Å². The van der Waals surface area contributed by atoms with Gasteiger partial charge in [-0.25, -0.2) is 9.38 Å². The molecule has 0 N–H and O–H groups in total. The maximum Gasteiger partial charge on any atom is 0.274 e. The summed E-state index contributed by atoms with van der Waals surface area (Å²) in [6, 6.07) is 24.6. The molecule has 0 saturated carbocycles. The fraction of sp³-hybridized carbons (Fsp3) is 0.0769. The molecule has 0 saturated heterocycles. The van der Waals surface area contributed by atoms with Crippen molar-refractivity contribution in [3.8, 4) is 0 Å². The minimum absolute atomic E-state index is 0.0113. The number of hydrogen-bond acceptors (Lipinski definition) is 3. The normalized spacial score (nSPS) is 12.5. The first-order valence-electron chi connectivity index (χ1n) is 10.3. The van der Waals surface area contributed by atoms with Crippen LogP contribution < -0.4 is 10.1 Å². The van der Waals surface area contributed by atoms with Gasteiger partial charge in [0.25, 0.3) is 5.56 Å². The fourth-order valence-corrected chi connectivity index (χ4v) is 5.59. The second kappa shape index (κ2) is 7.43. The fourth-order valence-electron chi connectivity index (χ4n) is 4.36. The molecule has 0 aliphatic rings. The van der Waals surface area contributed by atoms with Gasteiger partial charge in [0.1, 0.15) is 0 Å². The number of imidazole rings is 1. The molecule has 0 amide bonds. The van der Waals surface area contributed by atoms with Crippen LogP contribution in [0.1, 0.15) is 16.8 Å². The van der Waals surface area contributed by atoms with Crippen molar-refractivity contribution in [2.45, 2.75) is 13.5 Å². The molecule has 0 unspecified atom stereocenters. The van der Waals surface area contributed by atoms with Gasteiger partial charge in [0, 0.05) is 33.2 Å². The molecule has 0 atom stereocenters. The lowest BCUT2D eigenvalue weighted by atomic mass is 10.1. The molecule has 0 aliphatic heterocycles. The molecule has 6 rings (SSSR count). The summed E-state index contributed by atoms with van der Waals surface area (Å²) < 4.78 is 5.82. The first-order valence-corrected chi connectivity index (χ1v) is 11.9. The van der Waals surface area contributed by atoms with Crippen molar-refractivity contribution in [2.24, 2.45) is 0 Å². The van der Waals surface area contributed by atoms with E-state index in [1.807, 2.05) is 30.3 Å². The van der Waals surface area contributed by atoms with Gasteiger partial charge < -0.3 is 4.57 Å². The molecule has 4 nitrogen and oxygen atoms in total. The van der Waals surface area contributed by atoms with Crippen LogP contribution in [0.15, 0.2) is 82.1 Å². The first-order chi connectivity index (χ1) is 15.6. The molecule has 0 aliphatic carbocycles. The zero-order valence-electron chi connectivity index (χ0n) is 17.2. The first kappa shape index (κ1) is 19.5. The molecule has 0 spiro atoms. The quantitative estimate of drug-likeness (QED) is 0.321. The molecule has 3 aromatic carbocycles. The molecule has 3 heterocycles. The molecule has 0 bridgehead atoms. The zero-order chi connectivity index (χ0) is 21.8. The van der Waals surface area contributed by atoms with Crippen LogP contribution in [-0.4, -0.2) is 14.0 Å². The second-order valence-corrected chi connectivity index (χ2v) is 9.79. The van der Waals surface area contributed by atoms with E-state index in [-0.39, 0.29) is 5.56 Å². The van der Waals surface area contributed by atoms with E-state index in [4.69, 9.17) is 0 Å². The van der Waals surface area contributed by atoms with Crippen LogP contribution in [0.4, 0.5) is 0 Å². The van der Waals surface area contributed by atoms with Crippen molar-refractivity contribution in [1.29, 1.82) is 0 Å². The van der Waals surface area contributed by atoms with Crippen LogP contribution in [0.3, 0.4) is 0 Å². The number of halogens is 1. The Bertz CT molecular complexity index is 1740. The summed E-state index contributed by atoms with van der Waals surface area (Å²) in [4.78, 5) is 18.7.